The summed E-state index contributed by atoms with van der Waals surface area (Å²) >= 11 is 0. The maximum atomic E-state index is 12.1. The van der Waals surface area contributed by atoms with Gasteiger partial charge in [-0.25, -0.2) is 4.98 Å². The van der Waals surface area contributed by atoms with Crippen LogP contribution in [-0.2, 0) is 11.2 Å². The van der Waals surface area contributed by atoms with Crippen molar-refractivity contribution in [1.82, 2.24) is 4.98 Å². The summed E-state index contributed by atoms with van der Waals surface area (Å²) < 4.78 is 11.2. The molecule has 26 heavy (non-hydrogen) atoms. The maximum absolute atomic E-state index is 12.1. The second-order valence-electron chi connectivity index (χ2n) is 5.99. The number of aryl methyl sites for hydroxylation is 2. The van der Waals surface area contributed by atoms with Crippen molar-refractivity contribution in [3.8, 4) is 17.1 Å². The summed E-state index contributed by atoms with van der Waals surface area (Å²) in [6, 6.07) is 15.4. The van der Waals surface area contributed by atoms with Crippen molar-refractivity contribution in [2.24, 2.45) is 0 Å². The van der Waals surface area contributed by atoms with Gasteiger partial charge in [-0.05, 0) is 55.8 Å². The summed E-state index contributed by atoms with van der Waals surface area (Å²) in [6.45, 7) is 4.58. The Bertz CT molecular complexity index is 869. The number of aromatic nitrogens is 1. The number of hydrogen-bond donors (Lipinski definition) is 1. The molecule has 0 aliphatic carbocycles. The van der Waals surface area contributed by atoms with Gasteiger partial charge in [-0.15, -0.1) is 0 Å². The average Bonchev–Trinajstić information content (AvgIpc) is 3.10. The van der Waals surface area contributed by atoms with Crippen molar-refractivity contribution < 1.29 is 13.9 Å². The Morgan fingerprint density at radius 1 is 1.19 bits per heavy atom. The van der Waals surface area contributed by atoms with E-state index in [0.29, 0.717) is 31.1 Å². The smallest absolute Gasteiger partial charge is 0.224 e. The molecule has 1 aromatic heterocycles. The zero-order valence-corrected chi connectivity index (χ0v) is 15.0. The van der Waals surface area contributed by atoms with Gasteiger partial charge in [-0.3, -0.25) is 4.79 Å². The number of ether oxygens (including phenoxy) is 1. The molecule has 1 N–H and O–H groups in total. The Morgan fingerprint density at radius 2 is 2.00 bits per heavy atom. The molecule has 0 radical (unpaired) electrons. The van der Waals surface area contributed by atoms with Crippen LogP contribution >= 0.6 is 0 Å². The van der Waals surface area contributed by atoms with Gasteiger partial charge in [0, 0.05) is 24.1 Å². The Morgan fingerprint density at radius 3 is 2.73 bits per heavy atom. The minimum absolute atomic E-state index is 0.0589. The molecule has 1 amide bonds. The fraction of sp³-hybridized carbons (Fsp3) is 0.238. The van der Waals surface area contributed by atoms with Crippen LogP contribution in [-0.4, -0.2) is 17.5 Å². The van der Waals surface area contributed by atoms with E-state index in [-0.39, 0.29) is 5.91 Å². The van der Waals surface area contributed by atoms with Gasteiger partial charge in [0.15, 0.2) is 11.7 Å². The molecule has 0 unspecified atom stereocenters. The monoisotopic (exact) mass is 350 g/mol. The molecule has 0 saturated heterocycles. The molecule has 0 aliphatic heterocycles. The quantitative estimate of drug-likeness (QED) is 0.675. The minimum Gasteiger partial charge on any atom is -0.494 e. The van der Waals surface area contributed by atoms with Crippen molar-refractivity contribution >= 4 is 11.6 Å². The first-order chi connectivity index (χ1) is 12.6. The van der Waals surface area contributed by atoms with Crippen LogP contribution in [0, 0.1) is 6.92 Å². The number of hydrogen-bond acceptors (Lipinski definition) is 4. The van der Waals surface area contributed by atoms with Crippen LogP contribution in [0.15, 0.2) is 59.1 Å². The highest BCUT2D eigenvalue weighted by molar-refractivity contribution is 5.90. The molecule has 2 aromatic carbocycles. The molecule has 0 fully saturated rings. The molecule has 0 saturated carbocycles. The SMILES string of the molecule is CCOc1ccc(-c2cnc(CCC(=O)Nc3cccc(C)c3)o2)cc1. The van der Waals surface area contributed by atoms with Crippen LogP contribution in [0.3, 0.4) is 0 Å². The molecular formula is C21H22N2O3. The fourth-order valence-corrected chi connectivity index (χ4v) is 2.61. The molecule has 134 valence electrons. The van der Waals surface area contributed by atoms with Gasteiger partial charge in [-0.1, -0.05) is 12.1 Å². The van der Waals surface area contributed by atoms with Crippen LogP contribution in [0.5, 0.6) is 5.75 Å². The molecule has 0 bridgehead atoms. The number of nitrogens with one attached hydrogen (secondary N) is 1. The number of nitrogens with zero attached hydrogens (tertiary/aromatic N) is 1. The van der Waals surface area contributed by atoms with E-state index in [4.69, 9.17) is 9.15 Å². The Balaban J connectivity index is 1.55. The van der Waals surface area contributed by atoms with E-state index in [1.165, 1.54) is 0 Å². The number of anilines is 1. The Kier molecular flexibility index (Phi) is 5.69. The van der Waals surface area contributed by atoms with E-state index in [0.717, 1.165) is 22.6 Å². The predicted molar refractivity (Wildman–Crippen MR) is 101 cm³/mol. The molecule has 0 spiro atoms. The highest BCUT2D eigenvalue weighted by atomic mass is 16.5. The van der Waals surface area contributed by atoms with Crippen LogP contribution in [0.25, 0.3) is 11.3 Å². The fourth-order valence-electron chi connectivity index (χ4n) is 2.61. The standard InChI is InChI=1S/C21H22N2O3/c1-3-25-18-9-7-16(8-10-18)19-14-22-21(26-19)12-11-20(24)23-17-6-4-5-15(2)13-17/h4-10,13-14H,3,11-12H2,1-2H3,(H,23,24). The third kappa shape index (κ3) is 4.72. The Labute approximate surface area is 153 Å². The predicted octanol–water partition coefficient (Wildman–Crippen LogP) is 4.62. The van der Waals surface area contributed by atoms with Crippen LogP contribution in [0.1, 0.15) is 24.8 Å². The lowest BCUT2D eigenvalue weighted by atomic mass is 10.2. The molecule has 3 aromatic rings. The first-order valence-electron chi connectivity index (χ1n) is 8.68. The summed E-state index contributed by atoms with van der Waals surface area (Å²) in [6.07, 6.45) is 2.45. The number of amides is 1. The lowest BCUT2D eigenvalue weighted by Gasteiger charge is -2.05. The van der Waals surface area contributed by atoms with Gasteiger partial charge in [0.1, 0.15) is 5.75 Å². The largest absolute Gasteiger partial charge is 0.494 e. The van der Waals surface area contributed by atoms with Crippen molar-refractivity contribution in [1.29, 1.82) is 0 Å². The van der Waals surface area contributed by atoms with Gasteiger partial charge < -0.3 is 14.5 Å². The van der Waals surface area contributed by atoms with Gasteiger partial charge in [-0.2, -0.15) is 0 Å². The summed E-state index contributed by atoms with van der Waals surface area (Å²) in [5.74, 6) is 2.00. The molecule has 1 heterocycles. The summed E-state index contributed by atoms with van der Waals surface area (Å²) in [7, 11) is 0. The zero-order valence-electron chi connectivity index (χ0n) is 15.0. The van der Waals surface area contributed by atoms with Gasteiger partial charge in [0.2, 0.25) is 5.91 Å². The first kappa shape index (κ1) is 17.7. The number of carbonyl (C=O) groups excluding carboxylic acids is 1. The van der Waals surface area contributed by atoms with E-state index in [1.54, 1.807) is 6.20 Å². The van der Waals surface area contributed by atoms with Crippen molar-refractivity contribution in [3.05, 3.63) is 66.2 Å². The number of rotatable bonds is 7. The van der Waals surface area contributed by atoms with Crippen molar-refractivity contribution in [2.75, 3.05) is 11.9 Å². The summed E-state index contributed by atoms with van der Waals surface area (Å²) in [5.41, 5.74) is 2.84. The molecular weight excluding hydrogens is 328 g/mol. The lowest BCUT2D eigenvalue weighted by Crippen LogP contribution is -2.12. The van der Waals surface area contributed by atoms with Crippen LogP contribution < -0.4 is 10.1 Å². The van der Waals surface area contributed by atoms with E-state index in [2.05, 4.69) is 10.3 Å². The minimum atomic E-state index is -0.0589. The van der Waals surface area contributed by atoms with Gasteiger partial charge in [0.25, 0.3) is 0 Å². The average molecular weight is 350 g/mol. The third-order valence-corrected chi connectivity index (χ3v) is 3.87. The molecule has 3 rings (SSSR count). The topological polar surface area (TPSA) is 64.4 Å². The van der Waals surface area contributed by atoms with E-state index in [9.17, 15) is 4.79 Å². The normalized spacial score (nSPS) is 10.5. The van der Waals surface area contributed by atoms with Gasteiger partial charge in [0.05, 0.1) is 12.8 Å². The van der Waals surface area contributed by atoms with Crippen molar-refractivity contribution in [2.45, 2.75) is 26.7 Å². The summed E-state index contributed by atoms with van der Waals surface area (Å²) in [4.78, 5) is 16.3. The highest BCUT2D eigenvalue weighted by Gasteiger charge is 2.09. The van der Waals surface area contributed by atoms with E-state index < -0.39 is 0 Å². The number of carbonyl (C=O) groups is 1. The highest BCUT2D eigenvalue weighted by Crippen LogP contribution is 2.23. The molecule has 5 nitrogen and oxygen atoms in total. The summed E-state index contributed by atoms with van der Waals surface area (Å²) in [5, 5.41) is 2.89. The van der Waals surface area contributed by atoms with E-state index in [1.807, 2.05) is 62.4 Å². The second-order valence-corrected chi connectivity index (χ2v) is 5.99. The van der Waals surface area contributed by atoms with E-state index >= 15 is 0 Å². The van der Waals surface area contributed by atoms with Crippen LogP contribution in [0.4, 0.5) is 5.69 Å². The first-order valence-corrected chi connectivity index (χ1v) is 8.68. The molecule has 0 atom stereocenters. The maximum Gasteiger partial charge on any atom is 0.224 e. The number of benzene rings is 2. The Hall–Kier alpha value is -3.08. The van der Waals surface area contributed by atoms with Crippen LogP contribution in [0.2, 0.25) is 0 Å². The number of oxazole rings is 1. The molecule has 5 heteroatoms. The zero-order chi connectivity index (χ0) is 18.4. The third-order valence-electron chi connectivity index (χ3n) is 3.87. The van der Waals surface area contributed by atoms with Crippen molar-refractivity contribution in [3.63, 3.8) is 0 Å². The van der Waals surface area contributed by atoms with Gasteiger partial charge >= 0.3 is 0 Å². The molecule has 0 aliphatic rings. The lowest BCUT2D eigenvalue weighted by molar-refractivity contribution is -0.116. The second kappa shape index (κ2) is 8.34.